The molecule has 9 nitrogen and oxygen atoms in total. The average molecular weight is 553 g/mol. The first-order valence-corrected chi connectivity index (χ1v) is 14.3. The molecule has 0 unspecified atom stereocenters. The van der Waals surface area contributed by atoms with Crippen LogP contribution in [0.5, 0.6) is 0 Å². The summed E-state index contributed by atoms with van der Waals surface area (Å²) in [5.74, 6) is 0.0199. The number of hydrogen-bond donors (Lipinski definition) is 3. The third-order valence-electron chi connectivity index (χ3n) is 7.42. The first kappa shape index (κ1) is 24.7. The van der Waals surface area contributed by atoms with Crippen LogP contribution in [0.25, 0.3) is 32.5 Å². The molecular weight excluding hydrogens is 524 g/mol. The number of amides is 2. The number of morpholine rings is 1. The molecule has 0 atom stereocenters. The highest BCUT2D eigenvalue weighted by Crippen LogP contribution is 2.33. The van der Waals surface area contributed by atoms with E-state index in [4.69, 9.17) is 9.72 Å². The Morgan fingerprint density at radius 3 is 2.65 bits per heavy atom. The molecule has 1 saturated carbocycles. The molecule has 3 N–H and O–H groups in total. The van der Waals surface area contributed by atoms with E-state index in [2.05, 4.69) is 49.8 Å². The van der Waals surface area contributed by atoms with E-state index < -0.39 is 0 Å². The fourth-order valence-corrected chi connectivity index (χ4v) is 5.82. The number of ether oxygens (including phenoxy) is 1. The summed E-state index contributed by atoms with van der Waals surface area (Å²) in [5.41, 5.74) is 6.12. The van der Waals surface area contributed by atoms with Crippen LogP contribution in [0.2, 0.25) is 0 Å². The second-order valence-electron chi connectivity index (χ2n) is 10.2. The van der Waals surface area contributed by atoms with E-state index in [-0.39, 0.29) is 17.7 Å². The quantitative estimate of drug-likeness (QED) is 0.263. The monoisotopic (exact) mass is 552 g/mol. The maximum Gasteiger partial charge on any atom is 0.253 e. The molecular formula is C30H28N6O3S. The maximum absolute atomic E-state index is 13.2. The number of aromatic amines is 1. The molecule has 0 spiro atoms. The SMILES string of the molecule is O=C(NCc1ccc(N2CCOCC2)cc1)c1c[nH]c2ccc(-c3ccc4nc(NC(=O)C5CC5)sc4n3)cc12. The van der Waals surface area contributed by atoms with Gasteiger partial charge in [-0.1, -0.05) is 29.5 Å². The minimum atomic E-state index is -0.137. The summed E-state index contributed by atoms with van der Waals surface area (Å²) in [7, 11) is 0. The van der Waals surface area contributed by atoms with Gasteiger partial charge in [-0.2, -0.15) is 0 Å². The van der Waals surface area contributed by atoms with Gasteiger partial charge in [0.25, 0.3) is 5.91 Å². The number of benzene rings is 2. The third-order valence-corrected chi connectivity index (χ3v) is 8.30. The molecule has 1 aliphatic carbocycles. The van der Waals surface area contributed by atoms with E-state index in [0.29, 0.717) is 17.2 Å². The molecule has 40 heavy (non-hydrogen) atoms. The molecule has 0 radical (unpaired) electrons. The first-order chi connectivity index (χ1) is 19.6. The molecule has 2 aliphatic rings. The molecule has 1 aliphatic heterocycles. The summed E-state index contributed by atoms with van der Waals surface area (Å²) in [5, 5.41) is 7.38. The number of H-pyrrole nitrogens is 1. The Bertz CT molecular complexity index is 1720. The highest BCUT2D eigenvalue weighted by Gasteiger charge is 2.30. The summed E-state index contributed by atoms with van der Waals surface area (Å²) in [6, 6.07) is 18.1. The van der Waals surface area contributed by atoms with Gasteiger partial charge in [0.15, 0.2) is 5.13 Å². The van der Waals surface area contributed by atoms with Crippen molar-refractivity contribution in [3.8, 4) is 11.3 Å². The van der Waals surface area contributed by atoms with Gasteiger partial charge >= 0.3 is 0 Å². The largest absolute Gasteiger partial charge is 0.378 e. The van der Waals surface area contributed by atoms with E-state index in [0.717, 1.165) is 77.2 Å². The van der Waals surface area contributed by atoms with Gasteiger partial charge in [0.2, 0.25) is 5.91 Å². The van der Waals surface area contributed by atoms with Crippen LogP contribution in [0.15, 0.2) is 60.8 Å². The topological polar surface area (TPSA) is 112 Å². The van der Waals surface area contributed by atoms with Gasteiger partial charge in [-0.25, -0.2) is 9.97 Å². The maximum atomic E-state index is 13.2. The minimum absolute atomic E-state index is 0.0352. The third kappa shape index (κ3) is 5.03. The highest BCUT2D eigenvalue weighted by atomic mass is 32.1. The number of aromatic nitrogens is 3. The van der Waals surface area contributed by atoms with Crippen LogP contribution < -0.4 is 15.5 Å². The molecule has 2 amide bonds. The lowest BCUT2D eigenvalue weighted by molar-refractivity contribution is -0.117. The second-order valence-corrected chi connectivity index (χ2v) is 11.2. The van der Waals surface area contributed by atoms with Gasteiger partial charge in [0.1, 0.15) is 10.3 Å². The van der Waals surface area contributed by atoms with Crippen LogP contribution >= 0.6 is 11.3 Å². The number of rotatable bonds is 7. The van der Waals surface area contributed by atoms with E-state index in [1.807, 2.05) is 30.3 Å². The van der Waals surface area contributed by atoms with Crippen molar-refractivity contribution in [2.24, 2.45) is 5.92 Å². The number of hydrogen-bond acceptors (Lipinski definition) is 7. The number of thiazole rings is 1. The summed E-state index contributed by atoms with van der Waals surface area (Å²) < 4.78 is 5.44. The number of nitrogens with zero attached hydrogens (tertiary/aromatic N) is 3. The number of fused-ring (bicyclic) bond motifs is 2. The lowest BCUT2D eigenvalue weighted by atomic mass is 10.1. The number of pyridine rings is 1. The zero-order chi connectivity index (χ0) is 27.1. The van der Waals surface area contributed by atoms with Gasteiger partial charge in [0, 0.05) is 53.9 Å². The molecule has 1 saturated heterocycles. The fourth-order valence-electron chi connectivity index (χ4n) is 4.98. The van der Waals surface area contributed by atoms with Crippen LogP contribution in [-0.4, -0.2) is 53.1 Å². The van der Waals surface area contributed by atoms with Gasteiger partial charge < -0.3 is 25.3 Å². The summed E-state index contributed by atoms with van der Waals surface area (Å²) in [4.78, 5) is 40.9. The predicted octanol–water partition coefficient (Wildman–Crippen LogP) is 4.95. The number of anilines is 2. The van der Waals surface area contributed by atoms with E-state index in [1.54, 1.807) is 6.20 Å². The Morgan fingerprint density at radius 2 is 1.85 bits per heavy atom. The van der Waals surface area contributed by atoms with Crippen LogP contribution in [0.3, 0.4) is 0 Å². The average Bonchev–Trinajstić information content (AvgIpc) is 3.64. The van der Waals surface area contributed by atoms with Crippen molar-refractivity contribution in [3.05, 3.63) is 71.9 Å². The molecule has 3 aromatic heterocycles. The number of carbonyl (C=O) groups excluding carboxylic acids is 2. The Hall–Kier alpha value is -4.28. The summed E-state index contributed by atoms with van der Waals surface area (Å²) in [6.45, 7) is 3.73. The minimum Gasteiger partial charge on any atom is -0.378 e. The van der Waals surface area contributed by atoms with Crippen LogP contribution in [0.1, 0.15) is 28.8 Å². The molecule has 0 bridgehead atoms. The number of carbonyl (C=O) groups is 2. The van der Waals surface area contributed by atoms with Gasteiger partial charge in [0.05, 0.1) is 24.5 Å². The standard InChI is InChI=1S/C30H28N6O3S/c37-27(19-3-4-19)35-30-34-26-10-9-24(33-29(26)40-30)20-5-8-25-22(15-20)23(17-31-25)28(38)32-16-18-1-6-21(7-2-18)36-11-13-39-14-12-36/h1-2,5-10,15,17,19,31H,3-4,11-14,16H2,(H,32,38)(H,34,35,37). The van der Waals surface area contributed by atoms with Crippen molar-refractivity contribution in [1.82, 2.24) is 20.3 Å². The molecule has 2 aromatic carbocycles. The zero-order valence-corrected chi connectivity index (χ0v) is 22.6. The van der Waals surface area contributed by atoms with E-state index in [1.165, 1.54) is 17.0 Å². The Balaban J connectivity index is 1.06. The normalized spacial score (nSPS) is 15.4. The van der Waals surface area contributed by atoms with Crippen molar-refractivity contribution >= 4 is 55.2 Å². The van der Waals surface area contributed by atoms with Gasteiger partial charge in [-0.05, 0) is 54.8 Å². The molecule has 4 heterocycles. The zero-order valence-electron chi connectivity index (χ0n) is 21.8. The first-order valence-electron chi connectivity index (χ1n) is 13.5. The van der Waals surface area contributed by atoms with Gasteiger partial charge in [-0.3, -0.25) is 9.59 Å². The van der Waals surface area contributed by atoms with E-state index >= 15 is 0 Å². The Kier molecular flexibility index (Phi) is 6.41. The van der Waals surface area contributed by atoms with Gasteiger partial charge in [-0.15, -0.1) is 0 Å². The van der Waals surface area contributed by atoms with Crippen molar-refractivity contribution in [2.75, 3.05) is 36.5 Å². The van der Waals surface area contributed by atoms with Crippen molar-refractivity contribution in [2.45, 2.75) is 19.4 Å². The number of nitrogens with one attached hydrogen (secondary N) is 3. The van der Waals surface area contributed by atoms with Crippen LogP contribution in [0, 0.1) is 5.92 Å². The lowest BCUT2D eigenvalue weighted by Crippen LogP contribution is -2.36. The molecule has 5 aromatic rings. The summed E-state index contributed by atoms with van der Waals surface area (Å²) in [6.07, 6.45) is 3.65. The van der Waals surface area contributed by atoms with Crippen LogP contribution in [-0.2, 0) is 16.1 Å². The summed E-state index contributed by atoms with van der Waals surface area (Å²) >= 11 is 1.37. The Morgan fingerprint density at radius 1 is 1.02 bits per heavy atom. The van der Waals surface area contributed by atoms with Crippen molar-refractivity contribution in [1.29, 1.82) is 0 Å². The smallest absolute Gasteiger partial charge is 0.253 e. The molecule has 7 rings (SSSR count). The van der Waals surface area contributed by atoms with Crippen LogP contribution in [0.4, 0.5) is 10.8 Å². The second kappa shape index (κ2) is 10.4. The van der Waals surface area contributed by atoms with Crippen molar-refractivity contribution in [3.63, 3.8) is 0 Å². The lowest BCUT2D eigenvalue weighted by Gasteiger charge is -2.28. The van der Waals surface area contributed by atoms with E-state index in [9.17, 15) is 9.59 Å². The highest BCUT2D eigenvalue weighted by molar-refractivity contribution is 7.22. The predicted molar refractivity (Wildman–Crippen MR) is 157 cm³/mol. The molecule has 2 fully saturated rings. The molecule has 202 valence electrons. The Labute approximate surface area is 234 Å². The molecule has 10 heteroatoms. The van der Waals surface area contributed by atoms with Crippen molar-refractivity contribution < 1.29 is 14.3 Å². The fraction of sp³-hybridized carbons (Fsp3) is 0.267.